The minimum absolute atomic E-state index is 0.0182. The molecule has 0 aromatic heterocycles. The highest BCUT2D eigenvalue weighted by Crippen LogP contribution is 2.44. The third-order valence-corrected chi connectivity index (χ3v) is 7.60. The van der Waals surface area contributed by atoms with E-state index in [0.717, 1.165) is 34.1 Å². The molecule has 3 rings (SSSR count). The second-order valence-electron chi connectivity index (χ2n) is 10.0. The molecule has 1 saturated carbocycles. The monoisotopic (exact) mass is 575 g/mol. The molecule has 0 spiro atoms. The van der Waals surface area contributed by atoms with E-state index in [2.05, 4.69) is 12.6 Å². The van der Waals surface area contributed by atoms with Gasteiger partial charge in [0.05, 0.1) is 26.6 Å². The average molecular weight is 576 g/mol. The molecule has 2 aromatic rings. The standard InChI is InChI=1S/C29H37NO9S/c1-20(32)30(13-10-22-7-5-6-21-8-9-23(36-2)14-25(21)22)28(35)38-19-37-26(33)15-29(11-3-4-12-29)16-27(34)39-24(17-31)18-40/h5-9,14,24,31,40H,3-4,10-13,15-19H2,1-2H3. The fraction of sp³-hybridized carbons (Fsp3) is 0.517. The number of nitrogens with zero attached hydrogens (tertiary/aromatic N) is 1. The van der Waals surface area contributed by atoms with Gasteiger partial charge in [-0.1, -0.05) is 37.1 Å². The highest BCUT2D eigenvalue weighted by Gasteiger charge is 2.39. The van der Waals surface area contributed by atoms with Gasteiger partial charge in [0.2, 0.25) is 12.7 Å². The van der Waals surface area contributed by atoms with E-state index < -0.39 is 42.3 Å². The predicted octanol–water partition coefficient (Wildman–Crippen LogP) is 4.05. The van der Waals surface area contributed by atoms with Gasteiger partial charge in [0.1, 0.15) is 11.9 Å². The van der Waals surface area contributed by atoms with Crippen molar-refractivity contribution in [3.8, 4) is 5.75 Å². The van der Waals surface area contributed by atoms with Gasteiger partial charge in [0.15, 0.2) is 0 Å². The van der Waals surface area contributed by atoms with Crippen molar-refractivity contribution < 1.29 is 43.2 Å². The van der Waals surface area contributed by atoms with Crippen molar-refractivity contribution >= 4 is 47.3 Å². The second kappa shape index (κ2) is 14.9. The fourth-order valence-corrected chi connectivity index (χ4v) is 5.25. The van der Waals surface area contributed by atoms with Crippen molar-refractivity contribution in [1.29, 1.82) is 0 Å². The van der Waals surface area contributed by atoms with Crippen LogP contribution >= 0.6 is 12.6 Å². The number of esters is 2. The summed E-state index contributed by atoms with van der Waals surface area (Å²) in [4.78, 5) is 50.8. The highest BCUT2D eigenvalue weighted by molar-refractivity contribution is 7.80. The summed E-state index contributed by atoms with van der Waals surface area (Å²) in [6.07, 6.45) is 1.79. The predicted molar refractivity (Wildman–Crippen MR) is 150 cm³/mol. The maximum absolute atomic E-state index is 12.6. The molecule has 0 bridgehead atoms. The minimum atomic E-state index is -0.918. The Balaban J connectivity index is 1.52. The van der Waals surface area contributed by atoms with E-state index >= 15 is 0 Å². The Morgan fingerprint density at radius 2 is 1.77 bits per heavy atom. The SMILES string of the molecule is COc1ccc2cccc(CCN(C(C)=O)C(=O)OCOC(=O)CC3(CC(=O)OC(CO)CS)CCCC3)c2c1. The molecule has 40 heavy (non-hydrogen) atoms. The number of thiol groups is 1. The number of hydrogen-bond acceptors (Lipinski definition) is 10. The Labute approximate surface area is 239 Å². The van der Waals surface area contributed by atoms with Crippen LogP contribution in [0, 0.1) is 5.41 Å². The number of benzene rings is 2. The minimum Gasteiger partial charge on any atom is -0.497 e. The van der Waals surface area contributed by atoms with Crippen molar-refractivity contribution in [2.75, 3.05) is 32.8 Å². The van der Waals surface area contributed by atoms with Crippen molar-refractivity contribution in [2.24, 2.45) is 5.41 Å². The van der Waals surface area contributed by atoms with E-state index in [0.29, 0.717) is 25.0 Å². The smallest absolute Gasteiger partial charge is 0.419 e. The number of methoxy groups -OCH3 is 1. The van der Waals surface area contributed by atoms with Gasteiger partial charge in [-0.05, 0) is 53.1 Å². The van der Waals surface area contributed by atoms with Gasteiger partial charge in [-0.25, -0.2) is 9.69 Å². The topological polar surface area (TPSA) is 129 Å². The summed E-state index contributed by atoms with van der Waals surface area (Å²) >= 11 is 4.05. The van der Waals surface area contributed by atoms with Crippen LogP contribution in [0.1, 0.15) is 51.0 Å². The lowest BCUT2D eigenvalue weighted by Gasteiger charge is -2.27. The van der Waals surface area contributed by atoms with Crippen LogP contribution in [0.5, 0.6) is 5.75 Å². The van der Waals surface area contributed by atoms with E-state index in [1.165, 1.54) is 6.92 Å². The average Bonchev–Trinajstić information content (AvgIpc) is 3.38. The highest BCUT2D eigenvalue weighted by atomic mass is 32.1. The second-order valence-corrected chi connectivity index (χ2v) is 10.4. The Morgan fingerprint density at radius 1 is 1.05 bits per heavy atom. The molecule has 2 amide bonds. The maximum Gasteiger partial charge on any atom is 0.419 e. The molecule has 1 unspecified atom stereocenters. The largest absolute Gasteiger partial charge is 0.497 e. The van der Waals surface area contributed by atoms with Gasteiger partial charge >= 0.3 is 18.0 Å². The molecule has 11 heteroatoms. The van der Waals surface area contributed by atoms with Crippen LogP contribution in [-0.2, 0) is 35.0 Å². The van der Waals surface area contributed by atoms with Gasteiger partial charge in [0, 0.05) is 19.2 Å². The molecule has 2 aromatic carbocycles. The van der Waals surface area contributed by atoms with Gasteiger partial charge in [-0.2, -0.15) is 12.6 Å². The van der Waals surface area contributed by atoms with Crippen molar-refractivity contribution in [3.63, 3.8) is 0 Å². The lowest BCUT2D eigenvalue weighted by molar-refractivity contribution is -0.158. The van der Waals surface area contributed by atoms with Crippen molar-refractivity contribution in [2.45, 2.75) is 58.0 Å². The molecule has 1 fully saturated rings. The number of amides is 2. The lowest BCUT2D eigenvalue weighted by Crippen LogP contribution is -2.38. The first-order chi connectivity index (χ1) is 19.2. The van der Waals surface area contributed by atoms with Gasteiger partial charge < -0.3 is 24.1 Å². The van der Waals surface area contributed by atoms with Crippen LogP contribution in [-0.4, -0.2) is 72.9 Å². The third-order valence-electron chi connectivity index (χ3n) is 7.20. The zero-order chi connectivity index (χ0) is 29.1. The molecule has 1 atom stereocenters. The number of ether oxygens (including phenoxy) is 4. The van der Waals surface area contributed by atoms with Crippen LogP contribution < -0.4 is 4.74 Å². The first kappa shape index (κ1) is 31.2. The van der Waals surface area contributed by atoms with Crippen LogP contribution in [0.3, 0.4) is 0 Å². The van der Waals surface area contributed by atoms with E-state index in [4.69, 9.17) is 18.9 Å². The molecular weight excluding hydrogens is 538 g/mol. The number of carbonyl (C=O) groups is 4. The Bertz CT molecular complexity index is 1190. The van der Waals surface area contributed by atoms with Crippen LogP contribution in [0.15, 0.2) is 36.4 Å². The van der Waals surface area contributed by atoms with E-state index in [9.17, 15) is 24.3 Å². The number of fused-ring (bicyclic) bond motifs is 1. The first-order valence-electron chi connectivity index (χ1n) is 13.3. The van der Waals surface area contributed by atoms with Gasteiger partial charge in [-0.3, -0.25) is 14.4 Å². The van der Waals surface area contributed by atoms with E-state index in [-0.39, 0.29) is 31.7 Å². The number of carbonyl (C=O) groups excluding carboxylic acids is 4. The molecule has 218 valence electrons. The Morgan fingerprint density at radius 3 is 2.42 bits per heavy atom. The molecule has 1 N–H and O–H groups in total. The van der Waals surface area contributed by atoms with Crippen LogP contribution in [0.4, 0.5) is 4.79 Å². The summed E-state index contributed by atoms with van der Waals surface area (Å²) in [6.45, 7) is 0.353. The van der Waals surface area contributed by atoms with E-state index in [1.54, 1.807) is 7.11 Å². The zero-order valence-electron chi connectivity index (χ0n) is 22.9. The van der Waals surface area contributed by atoms with Crippen molar-refractivity contribution in [1.82, 2.24) is 4.90 Å². The summed E-state index contributed by atoms with van der Waals surface area (Å²) in [5, 5.41) is 11.2. The lowest BCUT2D eigenvalue weighted by atomic mass is 9.79. The maximum atomic E-state index is 12.6. The Hall–Kier alpha value is -3.31. The summed E-state index contributed by atoms with van der Waals surface area (Å²) < 4.78 is 20.8. The number of aliphatic hydroxyl groups is 1. The number of hydrogen-bond donors (Lipinski definition) is 2. The molecule has 10 nitrogen and oxygen atoms in total. The molecule has 1 aliphatic carbocycles. The molecule has 0 saturated heterocycles. The quantitative estimate of drug-likeness (QED) is 0.206. The van der Waals surface area contributed by atoms with Gasteiger partial charge in [0.25, 0.3) is 0 Å². The Kier molecular flexibility index (Phi) is 11.6. The summed E-state index contributed by atoms with van der Waals surface area (Å²) in [7, 11) is 1.59. The van der Waals surface area contributed by atoms with Crippen LogP contribution in [0.25, 0.3) is 10.8 Å². The number of rotatable bonds is 13. The van der Waals surface area contributed by atoms with Crippen LogP contribution in [0.2, 0.25) is 0 Å². The van der Waals surface area contributed by atoms with Gasteiger partial charge in [-0.15, -0.1) is 0 Å². The molecular formula is C29H37NO9S. The van der Waals surface area contributed by atoms with Crippen molar-refractivity contribution in [3.05, 3.63) is 42.0 Å². The number of aliphatic hydroxyl groups excluding tert-OH is 1. The van der Waals surface area contributed by atoms with E-state index in [1.807, 2.05) is 36.4 Å². The fourth-order valence-electron chi connectivity index (χ4n) is 5.06. The molecule has 0 radical (unpaired) electrons. The molecule has 1 aliphatic rings. The summed E-state index contributed by atoms with van der Waals surface area (Å²) in [5.41, 5.74) is 0.323. The summed E-state index contributed by atoms with van der Waals surface area (Å²) in [6, 6.07) is 11.5. The third kappa shape index (κ3) is 8.59. The summed E-state index contributed by atoms with van der Waals surface area (Å²) in [5.74, 6) is -0.727. The zero-order valence-corrected chi connectivity index (χ0v) is 23.8. The molecule has 0 heterocycles. The molecule has 0 aliphatic heterocycles. The normalized spacial score (nSPS) is 14.8. The number of imide groups is 1. The first-order valence-corrected chi connectivity index (χ1v) is 13.9.